The Kier molecular flexibility index (Phi) is 3.58. The zero-order chi connectivity index (χ0) is 18.3. The number of hydrogen-bond donors (Lipinski definition) is 1. The summed E-state index contributed by atoms with van der Waals surface area (Å²) in [5.41, 5.74) is 1.84. The molecule has 0 saturated heterocycles. The Morgan fingerprint density at radius 1 is 1.19 bits per heavy atom. The second-order valence-corrected chi connectivity index (χ2v) is 5.82. The third kappa shape index (κ3) is 2.63. The lowest BCUT2D eigenvalue weighted by Gasteiger charge is -2.05. The Morgan fingerprint density at radius 3 is 2.81 bits per heavy atom. The smallest absolute Gasteiger partial charge is 0.286 e. The number of pyridine rings is 2. The van der Waals surface area contributed by atoms with Crippen molar-refractivity contribution in [3.05, 3.63) is 81.0 Å². The number of nitrogens with zero attached hydrogens (tertiary/aromatic N) is 4. The molecule has 3 heterocycles. The van der Waals surface area contributed by atoms with E-state index in [4.69, 9.17) is 0 Å². The van der Waals surface area contributed by atoms with Crippen LogP contribution in [0.5, 0.6) is 0 Å². The fourth-order valence-corrected chi connectivity index (χ4v) is 2.81. The van der Waals surface area contributed by atoms with Crippen LogP contribution in [0.1, 0.15) is 5.69 Å². The zero-order valence-corrected chi connectivity index (χ0v) is 13.7. The van der Waals surface area contributed by atoms with Crippen molar-refractivity contribution in [1.29, 1.82) is 0 Å². The Hall–Kier alpha value is -3.81. The van der Waals surface area contributed by atoms with E-state index in [9.17, 15) is 14.9 Å². The lowest BCUT2D eigenvalue weighted by atomic mass is 10.1. The highest BCUT2D eigenvalue weighted by Crippen LogP contribution is 2.25. The summed E-state index contributed by atoms with van der Waals surface area (Å²) >= 11 is 0. The molecule has 0 bridgehead atoms. The molecule has 1 N–H and O–H groups in total. The summed E-state index contributed by atoms with van der Waals surface area (Å²) in [5.74, 6) is 0.658. The molecule has 1 aromatic carbocycles. The summed E-state index contributed by atoms with van der Waals surface area (Å²) in [5, 5.41) is 16.2. The van der Waals surface area contributed by atoms with E-state index in [1.165, 1.54) is 6.07 Å². The highest BCUT2D eigenvalue weighted by atomic mass is 16.6. The number of benzene rings is 1. The van der Waals surface area contributed by atoms with Crippen molar-refractivity contribution >= 4 is 16.6 Å². The fourth-order valence-electron chi connectivity index (χ4n) is 2.81. The highest BCUT2D eigenvalue weighted by molar-refractivity contribution is 5.85. The number of hydrogen-bond acceptors (Lipinski definition) is 5. The summed E-state index contributed by atoms with van der Waals surface area (Å²) in [4.78, 5) is 29.5. The van der Waals surface area contributed by atoms with Crippen molar-refractivity contribution in [3.63, 3.8) is 0 Å². The molecule has 0 aliphatic heterocycles. The number of aryl methyl sites for hydroxylation is 1. The van der Waals surface area contributed by atoms with Crippen LogP contribution in [0.25, 0.3) is 27.8 Å². The van der Waals surface area contributed by atoms with Gasteiger partial charge in [0, 0.05) is 17.1 Å². The number of rotatable bonds is 3. The molecule has 8 heteroatoms. The maximum absolute atomic E-state index is 12.2. The number of fused-ring (bicyclic) bond motifs is 1. The summed E-state index contributed by atoms with van der Waals surface area (Å²) in [6.45, 7) is 1.89. The molecule has 4 rings (SSSR count). The van der Waals surface area contributed by atoms with E-state index >= 15 is 0 Å². The van der Waals surface area contributed by atoms with Crippen LogP contribution in [0, 0.1) is 17.0 Å². The Morgan fingerprint density at radius 2 is 2.04 bits per heavy atom. The molecule has 128 valence electrons. The van der Waals surface area contributed by atoms with Crippen LogP contribution in [0.3, 0.4) is 0 Å². The number of nitro groups is 1. The number of nitrogens with one attached hydrogen (secondary N) is 1. The first-order valence-electron chi connectivity index (χ1n) is 7.82. The van der Waals surface area contributed by atoms with Gasteiger partial charge in [-0.15, -0.1) is 0 Å². The Balaban J connectivity index is 1.91. The molecular formula is C18H13N5O3. The molecule has 0 unspecified atom stereocenters. The molecule has 0 amide bonds. The normalized spacial score (nSPS) is 11.0. The first kappa shape index (κ1) is 15.7. The predicted molar refractivity (Wildman–Crippen MR) is 96.3 cm³/mol. The number of aromatic nitrogens is 4. The molecule has 26 heavy (non-hydrogen) atoms. The van der Waals surface area contributed by atoms with Gasteiger partial charge in [-0.3, -0.25) is 14.9 Å². The van der Waals surface area contributed by atoms with Crippen LogP contribution in [0.2, 0.25) is 0 Å². The van der Waals surface area contributed by atoms with E-state index in [0.29, 0.717) is 11.4 Å². The van der Waals surface area contributed by atoms with Crippen LogP contribution >= 0.6 is 0 Å². The van der Waals surface area contributed by atoms with Gasteiger partial charge in [-0.25, -0.2) is 9.67 Å². The van der Waals surface area contributed by atoms with Crippen molar-refractivity contribution < 1.29 is 4.92 Å². The minimum Gasteiger partial charge on any atom is -0.322 e. The molecule has 0 radical (unpaired) electrons. The third-order valence-corrected chi connectivity index (χ3v) is 4.07. The SMILES string of the molecule is Cc1cccc(-n2ncc3ccc(-c4cc([N+](=O)[O-])c[nH]c4=O)cc32)n1. The van der Waals surface area contributed by atoms with E-state index < -0.39 is 10.5 Å². The lowest BCUT2D eigenvalue weighted by molar-refractivity contribution is -0.385. The molecule has 0 saturated carbocycles. The van der Waals surface area contributed by atoms with Crippen LogP contribution in [0.4, 0.5) is 5.69 Å². The van der Waals surface area contributed by atoms with E-state index in [1.54, 1.807) is 23.0 Å². The van der Waals surface area contributed by atoms with Gasteiger partial charge in [0.25, 0.3) is 11.2 Å². The maximum atomic E-state index is 12.2. The van der Waals surface area contributed by atoms with Crippen LogP contribution in [-0.2, 0) is 0 Å². The molecule has 3 aromatic heterocycles. The number of H-pyrrole nitrogens is 1. The second-order valence-electron chi connectivity index (χ2n) is 5.82. The second kappa shape index (κ2) is 5.92. The average molecular weight is 347 g/mol. The van der Waals surface area contributed by atoms with Gasteiger partial charge in [-0.05, 0) is 30.7 Å². The summed E-state index contributed by atoms with van der Waals surface area (Å²) < 4.78 is 1.68. The molecule has 0 spiro atoms. The molecule has 0 fully saturated rings. The van der Waals surface area contributed by atoms with Crippen LogP contribution in [-0.4, -0.2) is 24.7 Å². The fraction of sp³-hybridized carbons (Fsp3) is 0.0556. The van der Waals surface area contributed by atoms with Crippen molar-refractivity contribution in [3.8, 4) is 16.9 Å². The summed E-state index contributed by atoms with van der Waals surface area (Å²) in [6, 6.07) is 12.2. The van der Waals surface area contributed by atoms with E-state index in [2.05, 4.69) is 15.1 Å². The van der Waals surface area contributed by atoms with Crippen LogP contribution < -0.4 is 5.56 Å². The topological polar surface area (TPSA) is 107 Å². The quantitative estimate of drug-likeness (QED) is 0.453. The minimum atomic E-state index is -0.543. The van der Waals surface area contributed by atoms with Gasteiger partial charge in [-0.2, -0.15) is 5.10 Å². The standard InChI is InChI=1S/C18H13N5O3/c1-11-3-2-4-17(21-11)22-16-7-12(5-6-13(16)9-20-22)15-8-14(23(25)26)10-19-18(15)24/h2-10H,1H3,(H,19,24). The summed E-state index contributed by atoms with van der Waals surface area (Å²) in [7, 11) is 0. The Labute approximate surface area is 146 Å². The predicted octanol–water partition coefficient (Wildman–Crippen LogP) is 2.99. The van der Waals surface area contributed by atoms with Gasteiger partial charge in [0.2, 0.25) is 0 Å². The Bertz CT molecular complexity index is 1210. The zero-order valence-electron chi connectivity index (χ0n) is 13.7. The van der Waals surface area contributed by atoms with E-state index in [-0.39, 0.29) is 11.3 Å². The average Bonchev–Trinajstić information content (AvgIpc) is 3.05. The largest absolute Gasteiger partial charge is 0.322 e. The molecule has 0 aliphatic rings. The van der Waals surface area contributed by atoms with Crippen molar-refractivity contribution in [1.82, 2.24) is 19.7 Å². The van der Waals surface area contributed by atoms with Crippen molar-refractivity contribution in [2.24, 2.45) is 0 Å². The van der Waals surface area contributed by atoms with Gasteiger partial charge >= 0.3 is 0 Å². The van der Waals surface area contributed by atoms with Crippen molar-refractivity contribution in [2.75, 3.05) is 0 Å². The van der Waals surface area contributed by atoms with Gasteiger partial charge in [0.05, 0.1) is 28.4 Å². The molecule has 0 aliphatic carbocycles. The third-order valence-electron chi connectivity index (χ3n) is 4.07. The van der Waals surface area contributed by atoms with Gasteiger partial charge in [0.15, 0.2) is 5.82 Å². The lowest BCUT2D eigenvalue weighted by Crippen LogP contribution is -2.09. The first-order chi connectivity index (χ1) is 12.5. The molecule has 0 atom stereocenters. The molecule has 4 aromatic rings. The van der Waals surface area contributed by atoms with Gasteiger partial charge in [-0.1, -0.05) is 18.2 Å². The van der Waals surface area contributed by atoms with Crippen LogP contribution in [0.15, 0.2) is 59.7 Å². The molecular weight excluding hydrogens is 334 g/mol. The maximum Gasteiger partial charge on any atom is 0.286 e. The van der Waals surface area contributed by atoms with E-state index in [0.717, 1.165) is 22.8 Å². The summed E-state index contributed by atoms with van der Waals surface area (Å²) in [6.07, 6.45) is 2.80. The molecule has 8 nitrogen and oxygen atoms in total. The number of aromatic amines is 1. The monoisotopic (exact) mass is 347 g/mol. The van der Waals surface area contributed by atoms with Crippen molar-refractivity contribution in [2.45, 2.75) is 6.92 Å². The van der Waals surface area contributed by atoms with Gasteiger partial charge in [0.1, 0.15) is 0 Å². The highest BCUT2D eigenvalue weighted by Gasteiger charge is 2.13. The van der Waals surface area contributed by atoms with Gasteiger partial charge < -0.3 is 4.98 Å². The first-order valence-corrected chi connectivity index (χ1v) is 7.82. The van der Waals surface area contributed by atoms with E-state index in [1.807, 2.05) is 31.2 Å². The minimum absolute atomic E-state index is 0.173.